The summed E-state index contributed by atoms with van der Waals surface area (Å²) in [6, 6.07) is 0. The monoisotopic (exact) mass is 286 g/mol. The van der Waals surface area contributed by atoms with Crippen molar-refractivity contribution in [2.75, 3.05) is 52.4 Å². The number of amides is 2. The van der Waals surface area contributed by atoms with Crippen LogP contribution in [0.1, 0.15) is 13.8 Å². The lowest BCUT2D eigenvalue weighted by molar-refractivity contribution is -0.129. The molecule has 0 radical (unpaired) electrons. The number of nitrogens with two attached hydrogens (primary N) is 1. The molecule has 0 aromatic rings. The van der Waals surface area contributed by atoms with E-state index in [-0.39, 0.29) is 11.8 Å². The molecule has 0 aliphatic rings. The molecule has 20 heavy (non-hydrogen) atoms. The van der Waals surface area contributed by atoms with Crippen LogP contribution in [-0.2, 0) is 9.59 Å². The maximum Gasteiger partial charge on any atom is 0.219 e. The molecule has 0 aliphatic heterocycles. The van der Waals surface area contributed by atoms with Gasteiger partial charge in [0, 0.05) is 59.7 Å². The lowest BCUT2D eigenvalue weighted by Gasteiger charge is -2.22. The van der Waals surface area contributed by atoms with Crippen molar-refractivity contribution in [2.45, 2.75) is 13.8 Å². The van der Waals surface area contributed by atoms with Gasteiger partial charge in [0.05, 0.1) is 6.54 Å². The summed E-state index contributed by atoms with van der Waals surface area (Å²) in [5, 5.41) is 6.43. The highest BCUT2D eigenvalue weighted by Crippen LogP contribution is 1.90. The van der Waals surface area contributed by atoms with Gasteiger partial charge in [0.15, 0.2) is 0 Å². The van der Waals surface area contributed by atoms with Crippen molar-refractivity contribution in [3.05, 3.63) is 0 Å². The normalized spacial score (nSPS) is 10.2. The standard InChI is InChI=1S/C12H26N6O2/c1-11(19)17(7-3-13)8-4-15-5-9-18(12(2)20)10-6-16-14/h14-15H,3-10,13H2,1-2H3. The quantitative estimate of drug-likeness (QED) is 0.343. The van der Waals surface area contributed by atoms with Crippen molar-refractivity contribution in [3.8, 4) is 0 Å². The lowest BCUT2D eigenvalue weighted by Crippen LogP contribution is -2.41. The number of hydrogen-bond donors (Lipinski definition) is 3. The fraction of sp³-hybridized carbons (Fsp3) is 0.833. The molecule has 8 nitrogen and oxygen atoms in total. The van der Waals surface area contributed by atoms with Crippen molar-refractivity contribution in [2.24, 2.45) is 10.8 Å². The summed E-state index contributed by atoms with van der Waals surface area (Å²) in [6.45, 7) is 7.31. The predicted molar refractivity (Wildman–Crippen MR) is 76.4 cm³/mol. The van der Waals surface area contributed by atoms with Crippen LogP contribution >= 0.6 is 0 Å². The van der Waals surface area contributed by atoms with Crippen LogP contribution in [0.2, 0.25) is 0 Å². The van der Waals surface area contributed by atoms with Gasteiger partial charge in [0.25, 0.3) is 0 Å². The molecule has 4 N–H and O–H groups in total. The molecule has 8 heteroatoms. The number of carbonyl (C=O) groups excluding carboxylic acids is 2. The fourth-order valence-corrected chi connectivity index (χ4v) is 1.73. The van der Waals surface area contributed by atoms with Gasteiger partial charge in [-0.3, -0.25) is 9.59 Å². The van der Waals surface area contributed by atoms with Crippen molar-refractivity contribution in [1.82, 2.24) is 15.1 Å². The van der Waals surface area contributed by atoms with Crippen LogP contribution in [0.5, 0.6) is 0 Å². The van der Waals surface area contributed by atoms with Crippen molar-refractivity contribution >= 4 is 11.8 Å². The zero-order chi connectivity index (χ0) is 15.4. The number of nitrogens with zero attached hydrogens (tertiary/aromatic N) is 3. The maximum absolute atomic E-state index is 11.3. The molecule has 0 bridgehead atoms. The molecule has 0 fully saturated rings. The Hall–Kier alpha value is -1.54. The van der Waals surface area contributed by atoms with Crippen LogP contribution in [-0.4, -0.2) is 74.0 Å². The Bertz CT molecular complexity index is 310. The molecule has 0 unspecified atom stereocenters. The largest absolute Gasteiger partial charge is 0.340 e. The molecule has 0 spiro atoms. The van der Waals surface area contributed by atoms with Gasteiger partial charge >= 0.3 is 0 Å². The fourth-order valence-electron chi connectivity index (χ4n) is 1.73. The zero-order valence-corrected chi connectivity index (χ0v) is 12.4. The van der Waals surface area contributed by atoms with Crippen LogP contribution in [0.4, 0.5) is 0 Å². The van der Waals surface area contributed by atoms with Crippen molar-refractivity contribution in [1.29, 1.82) is 5.53 Å². The summed E-state index contributed by atoms with van der Waals surface area (Å²) in [5.74, 6) is -0.0105. The molecule has 0 saturated heterocycles. The summed E-state index contributed by atoms with van der Waals surface area (Å²) >= 11 is 0. The van der Waals surface area contributed by atoms with E-state index >= 15 is 0 Å². The van der Waals surface area contributed by atoms with E-state index in [1.54, 1.807) is 9.80 Å². The van der Waals surface area contributed by atoms with E-state index in [0.29, 0.717) is 52.4 Å². The molecule has 0 aromatic heterocycles. The second-order valence-corrected chi connectivity index (χ2v) is 4.43. The van der Waals surface area contributed by atoms with Crippen LogP contribution in [0.15, 0.2) is 5.11 Å². The minimum atomic E-state index is -0.0241. The SMILES string of the molecule is CC(=O)N(CCN)CCNCCN(CCN=N)C(C)=O. The summed E-state index contributed by atoms with van der Waals surface area (Å²) in [5.41, 5.74) is 12.2. The third kappa shape index (κ3) is 8.54. The summed E-state index contributed by atoms with van der Waals surface area (Å²) in [4.78, 5) is 25.9. The first-order valence-corrected chi connectivity index (χ1v) is 6.78. The molecule has 0 atom stereocenters. The summed E-state index contributed by atoms with van der Waals surface area (Å²) in [7, 11) is 0. The van der Waals surface area contributed by atoms with E-state index in [1.807, 2.05) is 0 Å². The van der Waals surface area contributed by atoms with Gasteiger partial charge < -0.3 is 20.9 Å². The van der Waals surface area contributed by atoms with E-state index in [1.165, 1.54) is 13.8 Å². The summed E-state index contributed by atoms with van der Waals surface area (Å²) < 4.78 is 0. The molecule has 0 heterocycles. The number of rotatable bonds is 11. The Morgan fingerprint density at radius 3 is 1.95 bits per heavy atom. The molecule has 0 rings (SSSR count). The molecular weight excluding hydrogens is 260 g/mol. The van der Waals surface area contributed by atoms with Gasteiger partial charge in [-0.05, 0) is 0 Å². The first-order valence-electron chi connectivity index (χ1n) is 6.78. The summed E-state index contributed by atoms with van der Waals surface area (Å²) in [6.07, 6.45) is 0. The maximum atomic E-state index is 11.3. The minimum absolute atomic E-state index is 0.0136. The molecule has 0 saturated carbocycles. The van der Waals surface area contributed by atoms with E-state index in [0.717, 1.165) is 0 Å². The van der Waals surface area contributed by atoms with Crippen molar-refractivity contribution in [3.63, 3.8) is 0 Å². The molecule has 0 aromatic carbocycles. The smallest absolute Gasteiger partial charge is 0.219 e. The zero-order valence-electron chi connectivity index (χ0n) is 12.4. The topological polar surface area (TPSA) is 115 Å². The van der Waals surface area contributed by atoms with Crippen molar-refractivity contribution < 1.29 is 9.59 Å². The van der Waals surface area contributed by atoms with Gasteiger partial charge in [-0.15, -0.1) is 0 Å². The molecule has 0 aliphatic carbocycles. The highest BCUT2D eigenvalue weighted by molar-refractivity contribution is 5.73. The predicted octanol–water partition coefficient (Wildman–Crippen LogP) is -0.737. The number of nitrogens with one attached hydrogen (secondary N) is 2. The van der Waals surface area contributed by atoms with E-state index in [4.69, 9.17) is 11.3 Å². The Morgan fingerprint density at radius 2 is 1.55 bits per heavy atom. The average Bonchev–Trinajstić information content (AvgIpc) is 2.39. The first kappa shape index (κ1) is 18.5. The second kappa shape index (κ2) is 11.3. The third-order valence-corrected chi connectivity index (χ3v) is 2.89. The first-order chi connectivity index (χ1) is 9.52. The van der Waals surface area contributed by atoms with E-state index in [9.17, 15) is 9.59 Å². The molecular formula is C12H26N6O2. The van der Waals surface area contributed by atoms with Gasteiger partial charge in [0.1, 0.15) is 0 Å². The van der Waals surface area contributed by atoms with Crippen LogP contribution in [0, 0.1) is 5.53 Å². The minimum Gasteiger partial charge on any atom is -0.340 e. The highest BCUT2D eigenvalue weighted by Gasteiger charge is 2.08. The second-order valence-electron chi connectivity index (χ2n) is 4.43. The van der Waals surface area contributed by atoms with Gasteiger partial charge in [-0.1, -0.05) is 0 Å². The molecule has 116 valence electrons. The molecule has 2 amide bonds. The Balaban J connectivity index is 3.84. The van der Waals surface area contributed by atoms with Gasteiger partial charge in [-0.25, -0.2) is 5.53 Å². The average molecular weight is 286 g/mol. The highest BCUT2D eigenvalue weighted by atomic mass is 16.2. The van der Waals surface area contributed by atoms with Crippen LogP contribution in [0.3, 0.4) is 0 Å². The lowest BCUT2D eigenvalue weighted by atomic mass is 10.4. The third-order valence-electron chi connectivity index (χ3n) is 2.89. The van der Waals surface area contributed by atoms with Crippen LogP contribution in [0.25, 0.3) is 0 Å². The number of hydrogen-bond acceptors (Lipinski definition) is 6. The van der Waals surface area contributed by atoms with E-state index in [2.05, 4.69) is 10.4 Å². The van der Waals surface area contributed by atoms with Gasteiger partial charge in [0.2, 0.25) is 11.8 Å². The van der Waals surface area contributed by atoms with Crippen LogP contribution < -0.4 is 11.1 Å². The number of carbonyl (C=O) groups is 2. The Kier molecular flexibility index (Phi) is 10.4. The van der Waals surface area contributed by atoms with E-state index < -0.39 is 0 Å². The van der Waals surface area contributed by atoms with Gasteiger partial charge in [-0.2, -0.15) is 5.11 Å². The Morgan fingerprint density at radius 1 is 1.05 bits per heavy atom. The Labute approximate surface area is 120 Å².